The predicted octanol–water partition coefficient (Wildman–Crippen LogP) is -1.02. The van der Waals surface area contributed by atoms with Crippen LogP contribution in [0.1, 0.15) is 12.8 Å². The SMILES string of the molecule is OC[C@H]1OC(O)[C@H](O)[C@@H](OCCCCBr)[C@@H]1O. The zero-order valence-electron chi connectivity index (χ0n) is 9.41. The minimum atomic E-state index is -1.45. The highest BCUT2D eigenvalue weighted by Crippen LogP contribution is 2.22. The van der Waals surface area contributed by atoms with Crippen molar-refractivity contribution in [2.75, 3.05) is 18.5 Å². The smallest absolute Gasteiger partial charge is 0.184 e. The van der Waals surface area contributed by atoms with E-state index < -0.39 is 37.3 Å². The number of ether oxygens (including phenoxy) is 2. The van der Waals surface area contributed by atoms with Gasteiger partial charge >= 0.3 is 0 Å². The van der Waals surface area contributed by atoms with Crippen LogP contribution in [0, 0.1) is 0 Å². The fourth-order valence-electron chi connectivity index (χ4n) is 1.68. The molecule has 0 spiro atoms. The molecule has 0 bridgehead atoms. The highest BCUT2D eigenvalue weighted by molar-refractivity contribution is 9.09. The topological polar surface area (TPSA) is 99.4 Å². The minimum absolute atomic E-state index is 0.370. The van der Waals surface area contributed by atoms with Crippen LogP contribution in [0.15, 0.2) is 0 Å². The van der Waals surface area contributed by atoms with Gasteiger partial charge < -0.3 is 29.9 Å². The Bertz CT molecular complexity index is 217. The number of alkyl halides is 1. The molecule has 0 aromatic rings. The molecule has 0 aliphatic carbocycles. The first kappa shape index (κ1) is 15.3. The number of hydrogen-bond acceptors (Lipinski definition) is 6. The lowest BCUT2D eigenvalue weighted by Crippen LogP contribution is -2.59. The summed E-state index contributed by atoms with van der Waals surface area (Å²) in [6.45, 7) is -0.0680. The van der Waals surface area contributed by atoms with Gasteiger partial charge in [0.25, 0.3) is 0 Å². The van der Waals surface area contributed by atoms with Gasteiger partial charge in [-0.1, -0.05) is 15.9 Å². The molecular weight excluding hydrogens is 296 g/mol. The van der Waals surface area contributed by atoms with Crippen molar-refractivity contribution in [3.8, 4) is 0 Å². The highest BCUT2D eigenvalue weighted by Gasteiger charge is 2.44. The van der Waals surface area contributed by atoms with Gasteiger partial charge in [-0.2, -0.15) is 0 Å². The number of aliphatic hydroxyl groups excluding tert-OH is 4. The van der Waals surface area contributed by atoms with E-state index in [0.717, 1.165) is 18.2 Å². The lowest BCUT2D eigenvalue weighted by molar-refractivity contribution is -0.294. The van der Waals surface area contributed by atoms with Crippen LogP contribution in [-0.4, -0.2) is 69.7 Å². The maximum absolute atomic E-state index is 9.78. The van der Waals surface area contributed by atoms with Gasteiger partial charge in [-0.3, -0.25) is 0 Å². The third kappa shape index (κ3) is 4.13. The summed E-state index contributed by atoms with van der Waals surface area (Å²) < 4.78 is 10.2. The summed E-state index contributed by atoms with van der Waals surface area (Å²) in [4.78, 5) is 0. The van der Waals surface area contributed by atoms with E-state index in [1.165, 1.54) is 0 Å². The fraction of sp³-hybridized carbons (Fsp3) is 1.00. The lowest BCUT2D eigenvalue weighted by Gasteiger charge is -2.39. The second-order valence-electron chi connectivity index (χ2n) is 3.96. The summed E-state index contributed by atoms with van der Waals surface area (Å²) >= 11 is 3.28. The number of unbranched alkanes of at least 4 members (excludes halogenated alkanes) is 1. The van der Waals surface area contributed by atoms with E-state index in [2.05, 4.69) is 15.9 Å². The molecule has 102 valence electrons. The zero-order chi connectivity index (χ0) is 12.8. The molecule has 0 saturated carbocycles. The van der Waals surface area contributed by atoms with E-state index >= 15 is 0 Å². The van der Waals surface area contributed by atoms with Crippen molar-refractivity contribution < 1.29 is 29.9 Å². The number of rotatable bonds is 6. The number of halogens is 1. The van der Waals surface area contributed by atoms with Gasteiger partial charge in [-0.05, 0) is 12.8 Å². The Balaban J connectivity index is 2.47. The molecule has 1 saturated heterocycles. The third-order valence-electron chi connectivity index (χ3n) is 2.68. The molecule has 0 aromatic heterocycles. The van der Waals surface area contributed by atoms with Crippen molar-refractivity contribution in [2.45, 2.75) is 43.5 Å². The molecule has 1 aliphatic rings. The van der Waals surface area contributed by atoms with Gasteiger partial charge in [0.15, 0.2) is 6.29 Å². The van der Waals surface area contributed by atoms with E-state index in [1.54, 1.807) is 0 Å². The second-order valence-corrected chi connectivity index (χ2v) is 4.75. The van der Waals surface area contributed by atoms with Crippen molar-refractivity contribution in [3.05, 3.63) is 0 Å². The van der Waals surface area contributed by atoms with Crippen molar-refractivity contribution in [2.24, 2.45) is 0 Å². The highest BCUT2D eigenvalue weighted by atomic mass is 79.9. The van der Waals surface area contributed by atoms with Crippen LogP contribution in [0.2, 0.25) is 0 Å². The van der Waals surface area contributed by atoms with Gasteiger partial charge in [0.1, 0.15) is 24.4 Å². The van der Waals surface area contributed by atoms with Gasteiger partial charge in [-0.25, -0.2) is 0 Å². The first-order chi connectivity index (χ1) is 8.11. The van der Waals surface area contributed by atoms with Crippen molar-refractivity contribution in [1.82, 2.24) is 0 Å². The molecule has 1 heterocycles. The largest absolute Gasteiger partial charge is 0.394 e. The molecule has 6 nitrogen and oxygen atoms in total. The molecule has 1 unspecified atom stereocenters. The quantitative estimate of drug-likeness (QED) is 0.370. The molecule has 7 heteroatoms. The van der Waals surface area contributed by atoms with E-state index in [9.17, 15) is 15.3 Å². The predicted molar refractivity (Wildman–Crippen MR) is 62.7 cm³/mol. The lowest BCUT2D eigenvalue weighted by atomic mass is 9.99. The fourth-order valence-corrected chi connectivity index (χ4v) is 2.08. The minimum Gasteiger partial charge on any atom is -0.394 e. The van der Waals surface area contributed by atoms with Crippen LogP contribution in [-0.2, 0) is 9.47 Å². The summed E-state index contributed by atoms with van der Waals surface area (Å²) in [5.41, 5.74) is 0. The Labute approximate surface area is 108 Å². The van der Waals surface area contributed by atoms with E-state index in [0.29, 0.717) is 6.61 Å². The van der Waals surface area contributed by atoms with Crippen LogP contribution in [0.4, 0.5) is 0 Å². The average Bonchev–Trinajstić information content (AvgIpc) is 2.33. The summed E-state index contributed by atoms with van der Waals surface area (Å²) in [5.74, 6) is 0. The van der Waals surface area contributed by atoms with Crippen LogP contribution in [0.3, 0.4) is 0 Å². The Hall–Kier alpha value is 0.240. The van der Waals surface area contributed by atoms with E-state index in [4.69, 9.17) is 14.6 Å². The van der Waals surface area contributed by atoms with Crippen LogP contribution in [0.25, 0.3) is 0 Å². The number of aliphatic hydroxyl groups is 4. The Kier molecular flexibility index (Phi) is 6.86. The Morgan fingerprint density at radius 2 is 1.82 bits per heavy atom. The normalized spacial score (nSPS) is 38.3. The molecule has 17 heavy (non-hydrogen) atoms. The first-order valence-corrected chi connectivity index (χ1v) is 6.72. The monoisotopic (exact) mass is 314 g/mol. The standard InChI is InChI=1S/C10H19BrO6/c11-3-1-2-4-16-9-7(13)6(5-12)17-10(15)8(9)14/h6-10,12-15H,1-5H2/t6-,7-,8-,9+,10?/m1/s1. The van der Waals surface area contributed by atoms with Crippen LogP contribution in [0.5, 0.6) is 0 Å². The molecule has 0 amide bonds. The van der Waals surface area contributed by atoms with Gasteiger partial charge in [0, 0.05) is 11.9 Å². The second kappa shape index (κ2) is 7.63. The molecule has 1 aliphatic heterocycles. The molecule has 0 radical (unpaired) electrons. The third-order valence-corrected chi connectivity index (χ3v) is 3.24. The Morgan fingerprint density at radius 1 is 1.12 bits per heavy atom. The maximum Gasteiger partial charge on any atom is 0.184 e. The maximum atomic E-state index is 9.78. The zero-order valence-corrected chi connectivity index (χ0v) is 11.0. The van der Waals surface area contributed by atoms with Gasteiger partial charge in [-0.15, -0.1) is 0 Å². The van der Waals surface area contributed by atoms with Gasteiger partial charge in [0.2, 0.25) is 0 Å². The average molecular weight is 315 g/mol. The van der Waals surface area contributed by atoms with Crippen molar-refractivity contribution in [3.63, 3.8) is 0 Å². The van der Waals surface area contributed by atoms with Crippen molar-refractivity contribution in [1.29, 1.82) is 0 Å². The van der Waals surface area contributed by atoms with Gasteiger partial charge in [0.05, 0.1) is 6.61 Å². The molecule has 4 N–H and O–H groups in total. The summed E-state index contributed by atoms with van der Waals surface area (Å²) in [6, 6.07) is 0. The number of hydrogen-bond donors (Lipinski definition) is 4. The summed E-state index contributed by atoms with van der Waals surface area (Å²) in [7, 11) is 0. The molecule has 1 rings (SSSR count). The van der Waals surface area contributed by atoms with E-state index in [-0.39, 0.29) is 0 Å². The summed E-state index contributed by atoms with van der Waals surface area (Å²) in [6.07, 6.45) is -4.08. The van der Waals surface area contributed by atoms with E-state index in [1.807, 2.05) is 0 Å². The first-order valence-electron chi connectivity index (χ1n) is 5.60. The van der Waals surface area contributed by atoms with Crippen LogP contribution >= 0.6 is 15.9 Å². The molecule has 5 atom stereocenters. The molecular formula is C10H19BrO6. The van der Waals surface area contributed by atoms with Crippen molar-refractivity contribution >= 4 is 15.9 Å². The molecule has 1 fully saturated rings. The van der Waals surface area contributed by atoms with Crippen LogP contribution < -0.4 is 0 Å². The Morgan fingerprint density at radius 3 is 2.41 bits per heavy atom. The molecule has 0 aromatic carbocycles. The summed E-state index contributed by atoms with van der Waals surface area (Å²) in [5, 5.41) is 38.6.